The molecule has 0 N–H and O–H groups in total. The predicted octanol–water partition coefficient (Wildman–Crippen LogP) is 1.80. The summed E-state index contributed by atoms with van der Waals surface area (Å²) in [6.07, 6.45) is 1.83. The highest BCUT2D eigenvalue weighted by atomic mass is 16.2. The van der Waals surface area contributed by atoms with Gasteiger partial charge < -0.3 is 4.90 Å². The summed E-state index contributed by atoms with van der Waals surface area (Å²) in [6, 6.07) is 10.8. The third-order valence-corrected chi connectivity index (χ3v) is 3.34. The maximum absolute atomic E-state index is 12.2. The minimum Gasteiger partial charge on any atom is -0.329 e. The van der Waals surface area contributed by atoms with E-state index in [0.29, 0.717) is 5.56 Å². The lowest BCUT2D eigenvalue weighted by Gasteiger charge is -2.18. The molecule has 0 spiro atoms. The molecule has 1 amide bonds. The van der Waals surface area contributed by atoms with Crippen molar-refractivity contribution in [3.05, 3.63) is 48.6 Å². The van der Waals surface area contributed by atoms with Gasteiger partial charge in [0, 0.05) is 12.1 Å². The van der Waals surface area contributed by atoms with E-state index in [9.17, 15) is 14.9 Å². The summed E-state index contributed by atoms with van der Waals surface area (Å²) >= 11 is 0. The Balaban J connectivity index is 2.22. The third-order valence-electron chi connectivity index (χ3n) is 3.34. The van der Waals surface area contributed by atoms with Crippen molar-refractivity contribution in [1.29, 1.82) is 5.26 Å². The fourth-order valence-corrected chi connectivity index (χ4v) is 2.27. The molecule has 1 aromatic rings. The summed E-state index contributed by atoms with van der Waals surface area (Å²) in [5.74, 6) is -0.422. The van der Waals surface area contributed by atoms with Gasteiger partial charge in [-0.3, -0.25) is 9.59 Å². The Hall–Kier alpha value is -2.41. The van der Waals surface area contributed by atoms with Crippen LogP contribution >= 0.6 is 0 Å². The first-order valence-corrected chi connectivity index (χ1v) is 6.03. The molecule has 19 heavy (non-hydrogen) atoms. The Morgan fingerprint density at radius 3 is 2.74 bits per heavy atom. The van der Waals surface area contributed by atoms with Gasteiger partial charge in [-0.2, -0.15) is 5.26 Å². The minimum absolute atomic E-state index is 0.00483. The molecule has 1 aromatic carbocycles. The van der Waals surface area contributed by atoms with E-state index < -0.39 is 5.41 Å². The molecular formula is C15H14N2O2. The van der Waals surface area contributed by atoms with Gasteiger partial charge in [-0.25, -0.2) is 0 Å². The van der Waals surface area contributed by atoms with E-state index in [1.807, 2.05) is 12.1 Å². The highest BCUT2D eigenvalue weighted by molar-refractivity contribution is 6.01. The van der Waals surface area contributed by atoms with Crippen LogP contribution < -0.4 is 0 Å². The van der Waals surface area contributed by atoms with Gasteiger partial charge in [0.2, 0.25) is 0 Å². The molecule has 1 aliphatic heterocycles. The van der Waals surface area contributed by atoms with Crippen LogP contribution in [0.2, 0.25) is 0 Å². The number of ketones is 1. The molecule has 1 heterocycles. The number of nitrogens with zero attached hydrogens (tertiary/aromatic N) is 2. The number of allylic oxidation sites excluding steroid dienone is 1. The maximum Gasteiger partial charge on any atom is 0.254 e. The molecule has 1 unspecified atom stereocenters. The molecular weight excluding hydrogens is 240 g/mol. The van der Waals surface area contributed by atoms with Crippen LogP contribution in [0.1, 0.15) is 16.8 Å². The van der Waals surface area contributed by atoms with E-state index in [2.05, 4.69) is 6.58 Å². The zero-order chi connectivity index (χ0) is 13.9. The second kappa shape index (κ2) is 5.07. The minimum atomic E-state index is -1.12. The second-order valence-corrected chi connectivity index (χ2v) is 4.64. The van der Waals surface area contributed by atoms with E-state index >= 15 is 0 Å². The number of carbonyl (C=O) groups excluding carboxylic acids is 2. The van der Waals surface area contributed by atoms with Gasteiger partial charge in [0.1, 0.15) is 5.41 Å². The largest absolute Gasteiger partial charge is 0.329 e. The first-order chi connectivity index (χ1) is 9.13. The number of hydrogen-bond acceptors (Lipinski definition) is 3. The van der Waals surface area contributed by atoms with Crippen molar-refractivity contribution in [3.63, 3.8) is 0 Å². The molecule has 1 saturated heterocycles. The van der Waals surface area contributed by atoms with E-state index in [4.69, 9.17) is 0 Å². The first kappa shape index (κ1) is 13.0. The van der Waals surface area contributed by atoms with Crippen molar-refractivity contribution in [2.24, 2.45) is 5.41 Å². The molecule has 0 bridgehead atoms. The molecule has 1 aliphatic rings. The summed E-state index contributed by atoms with van der Waals surface area (Å²) in [4.78, 5) is 25.7. The first-order valence-electron chi connectivity index (χ1n) is 6.03. The summed E-state index contributed by atoms with van der Waals surface area (Å²) in [7, 11) is 0. The zero-order valence-electron chi connectivity index (χ0n) is 10.5. The van der Waals surface area contributed by atoms with E-state index in [-0.39, 0.29) is 31.2 Å². The van der Waals surface area contributed by atoms with Crippen LogP contribution in [0.25, 0.3) is 0 Å². The number of likely N-dealkylation sites (tertiary alicyclic amines) is 1. The summed E-state index contributed by atoms with van der Waals surface area (Å²) in [5, 5.41) is 9.23. The standard InChI is InChI=1S/C15H14N2O2/c1-2-8-15(10-16)11-17(9-13(15)18)14(19)12-6-4-3-5-7-12/h2-7H,1,8-9,11H2. The Morgan fingerprint density at radius 1 is 1.47 bits per heavy atom. The van der Waals surface area contributed by atoms with E-state index in [1.165, 1.54) is 4.90 Å². The number of rotatable bonds is 3. The Morgan fingerprint density at radius 2 is 2.16 bits per heavy atom. The normalized spacial score (nSPS) is 22.1. The molecule has 4 nitrogen and oxygen atoms in total. The average molecular weight is 254 g/mol. The highest BCUT2D eigenvalue weighted by Gasteiger charge is 2.47. The van der Waals surface area contributed by atoms with Crippen molar-refractivity contribution >= 4 is 11.7 Å². The maximum atomic E-state index is 12.2. The molecule has 0 radical (unpaired) electrons. The van der Waals surface area contributed by atoms with Gasteiger partial charge >= 0.3 is 0 Å². The lowest BCUT2D eigenvalue weighted by molar-refractivity contribution is -0.122. The van der Waals surface area contributed by atoms with Crippen LogP contribution in [-0.2, 0) is 4.79 Å². The Labute approximate surface area is 111 Å². The molecule has 2 rings (SSSR count). The van der Waals surface area contributed by atoms with Gasteiger partial charge in [0.25, 0.3) is 5.91 Å². The topological polar surface area (TPSA) is 61.2 Å². The smallest absolute Gasteiger partial charge is 0.254 e. The lowest BCUT2D eigenvalue weighted by Crippen LogP contribution is -2.31. The molecule has 96 valence electrons. The molecule has 1 fully saturated rings. The van der Waals surface area contributed by atoms with Crippen molar-refractivity contribution in [2.45, 2.75) is 6.42 Å². The molecule has 1 atom stereocenters. The predicted molar refractivity (Wildman–Crippen MR) is 70.2 cm³/mol. The van der Waals surface area contributed by atoms with Gasteiger partial charge in [0.05, 0.1) is 12.6 Å². The molecule has 4 heteroatoms. The van der Waals surface area contributed by atoms with Gasteiger partial charge in [-0.05, 0) is 18.6 Å². The summed E-state index contributed by atoms with van der Waals surface area (Å²) in [6.45, 7) is 3.71. The summed E-state index contributed by atoms with van der Waals surface area (Å²) in [5.41, 5.74) is -0.589. The third kappa shape index (κ3) is 2.27. The fraction of sp³-hybridized carbons (Fsp3) is 0.267. The average Bonchev–Trinajstić information content (AvgIpc) is 2.77. The quantitative estimate of drug-likeness (QED) is 0.773. The monoisotopic (exact) mass is 254 g/mol. The van der Waals surface area contributed by atoms with Crippen LogP contribution in [0.5, 0.6) is 0 Å². The van der Waals surface area contributed by atoms with Crippen molar-refractivity contribution in [1.82, 2.24) is 4.90 Å². The Kier molecular flexibility index (Phi) is 3.48. The van der Waals surface area contributed by atoms with Crippen LogP contribution in [0.15, 0.2) is 43.0 Å². The number of Topliss-reactive ketones (excluding diaryl/α,β-unsaturated/α-hetero) is 1. The fourth-order valence-electron chi connectivity index (χ4n) is 2.27. The zero-order valence-corrected chi connectivity index (χ0v) is 10.5. The van der Waals surface area contributed by atoms with Crippen LogP contribution in [-0.4, -0.2) is 29.7 Å². The van der Waals surface area contributed by atoms with Gasteiger partial charge in [-0.1, -0.05) is 24.3 Å². The van der Waals surface area contributed by atoms with Gasteiger partial charge in [-0.15, -0.1) is 6.58 Å². The van der Waals surface area contributed by atoms with Crippen LogP contribution in [0.3, 0.4) is 0 Å². The van der Waals surface area contributed by atoms with Gasteiger partial charge in [0.15, 0.2) is 5.78 Å². The van der Waals surface area contributed by atoms with Crippen molar-refractivity contribution < 1.29 is 9.59 Å². The Bertz CT molecular complexity index is 559. The lowest BCUT2D eigenvalue weighted by atomic mass is 9.84. The number of amides is 1. The SMILES string of the molecule is C=CCC1(C#N)CN(C(=O)c2ccccc2)CC1=O. The second-order valence-electron chi connectivity index (χ2n) is 4.64. The number of benzene rings is 1. The molecule has 0 aliphatic carbocycles. The van der Waals surface area contributed by atoms with Crippen LogP contribution in [0, 0.1) is 16.7 Å². The van der Waals surface area contributed by atoms with E-state index in [1.54, 1.807) is 30.3 Å². The number of hydrogen-bond donors (Lipinski definition) is 0. The number of nitriles is 1. The molecule has 0 saturated carbocycles. The van der Waals surface area contributed by atoms with Crippen molar-refractivity contribution in [3.8, 4) is 6.07 Å². The highest BCUT2D eigenvalue weighted by Crippen LogP contribution is 2.31. The summed E-state index contributed by atoms with van der Waals surface area (Å²) < 4.78 is 0. The number of carbonyl (C=O) groups is 2. The van der Waals surface area contributed by atoms with Crippen LogP contribution in [0.4, 0.5) is 0 Å². The molecule has 0 aromatic heterocycles. The van der Waals surface area contributed by atoms with Crippen molar-refractivity contribution in [2.75, 3.05) is 13.1 Å². The van der Waals surface area contributed by atoms with E-state index in [0.717, 1.165) is 0 Å².